The third-order valence-corrected chi connectivity index (χ3v) is 6.45. The summed E-state index contributed by atoms with van der Waals surface area (Å²) in [5.74, 6) is 1.77. The highest BCUT2D eigenvalue weighted by molar-refractivity contribution is 5.93. The average molecular weight is 300 g/mol. The Balaban J connectivity index is 1.55. The number of carboxylic acid groups (broad SMARTS) is 1. The van der Waals surface area contributed by atoms with Crippen molar-refractivity contribution in [3.05, 3.63) is 24.0 Å². The number of anilines is 1. The fraction of sp³-hybridized carbons (Fsp3) is 0.667. The Bertz CT molecular complexity index is 570. The standard InChI is InChI=1S/C18H24N2O2/c21-17(22)15-5-6-19-10-16(15)20-11-18-8-12-1-3-14(18)4-2-13(7-12)9-18/h5-6,10,12-14,20H,1-4,7-9,11H2,(H,21,22). The summed E-state index contributed by atoms with van der Waals surface area (Å²) in [6, 6.07) is 1.58. The van der Waals surface area contributed by atoms with E-state index in [1.807, 2.05) is 0 Å². The molecule has 0 aromatic carbocycles. The predicted molar refractivity (Wildman–Crippen MR) is 84.9 cm³/mol. The number of carbonyl (C=O) groups is 1. The molecule has 4 rings (SSSR count). The van der Waals surface area contributed by atoms with Gasteiger partial charge in [-0.2, -0.15) is 0 Å². The van der Waals surface area contributed by atoms with E-state index in [0.29, 0.717) is 16.7 Å². The van der Waals surface area contributed by atoms with Crippen molar-refractivity contribution in [3.63, 3.8) is 0 Å². The molecule has 3 aliphatic rings. The molecule has 0 spiro atoms. The first-order valence-corrected chi connectivity index (χ1v) is 8.57. The number of rotatable bonds is 4. The Kier molecular flexibility index (Phi) is 3.35. The van der Waals surface area contributed by atoms with Crippen molar-refractivity contribution in [2.45, 2.75) is 44.9 Å². The van der Waals surface area contributed by atoms with E-state index in [9.17, 15) is 9.90 Å². The van der Waals surface area contributed by atoms with Crippen LogP contribution in [-0.2, 0) is 0 Å². The minimum atomic E-state index is -0.880. The summed E-state index contributed by atoms with van der Waals surface area (Å²) in [5, 5.41) is 12.8. The van der Waals surface area contributed by atoms with Crippen molar-refractivity contribution in [3.8, 4) is 0 Å². The number of aromatic nitrogens is 1. The van der Waals surface area contributed by atoms with Gasteiger partial charge >= 0.3 is 5.97 Å². The SMILES string of the molecule is O=C(O)c1ccncc1NCC12CC3CCC1CCC(C3)C2. The lowest BCUT2D eigenvalue weighted by Crippen LogP contribution is -2.50. The van der Waals surface area contributed by atoms with E-state index >= 15 is 0 Å². The van der Waals surface area contributed by atoms with E-state index in [-0.39, 0.29) is 0 Å². The zero-order valence-electron chi connectivity index (χ0n) is 12.9. The topological polar surface area (TPSA) is 62.2 Å². The van der Waals surface area contributed by atoms with E-state index in [2.05, 4.69) is 10.3 Å². The number of nitrogens with one attached hydrogen (secondary N) is 1. The van der Waals surface area contributed by atoms with Crippen molar-refractivity contribution in [1.82, 2.24) is 4.98 Å². The molecule has 2 atom stereocenters. The largest absolute Gasteiger partial charge is 0.478 e. The molecule has 1 aromatic rings. The number of carboxylic acids is 1. The van der Waals surface area contributed by atoms with E-state index in [4.69, 9.17) is 0 Å². The molecule has 3 fully saturated rings. The zero-order valence-corrected chi connectivity index (χ0v) is 12.9. The van der Waals surface area contributed by atoms with Gasteiger partial charge in [0.25, 0.3) is 0 Å². The first-order valence-electron chi connectivity index (χ1n) is 8.57. The Morgan fingerprint density at radius 3 is 2.68 bits per heavy atom. The van der Waals surface area contributed by atoms with E-state index < -0.39 is 5.97 Å². The van der Waals surface area contributed by atoms with Crippen molar-refractivity contribution >= 4 is 11.7 Å². The molecule has 3 bridgehead atoms. The van der Waals surface area contributed by atoms with Crippen LogP contribution in [0.15, 0.2) is 18.5 Å². The summed E-state index contributed by atoms with van der Waals surface area (Å²) in [7, 11) is 0. The van der Waals surface area contributed by atoms with Gasteiger partial charge in [-0.1, -0.05) is 12.8 Å². The Morgan fingerprint density at radius 1 is 1.27 bits per heavy atom. The maximum atomic E-state index is 11.3. The van der Waals surface area contributed by atoms with Gasteiger partial charge in [-0.05, 0) is 61.3 Å². The number of hydrogen-bond acceptors (Lipinski definition) is 3. The normalized spacial score (nSPS) is 36.1. The molecule has 1 heterocycles. The van der Waals surface area contributed by atoms with Crippen LogP contribution in [0.3, 0.4) is 0 Å². The monoisotopic (exact) mass is 300 g/mol. The Hall–Kier alpha value is -1.58. The second-order valence-corrected chi connectivity index (χ2v) is 7.67. The van der Waals surface area contributed by atoms with Crippen LogP contribution in [0, 0.1) is 23.2 Å². The first kappa shape index (κ1) is 14.0. The lowest BCUT2D eigenvalue weighted by Gasteiger charge is -2.57. The maximum Gasteiger partial charge on any atom is 0.337 e. The predicted octanol–water partition coefficient (Wildman–Crippen LogP) is 3.80. The van der Waals surface area contributed by atoms with Crippen LogP contribution >= 0.6 is 0 Å². The van der Waals surface area contributed by atoms with Crippen molar-refractivity contribution in [2.24, 2.45) is 23.2 Å². The third-order valence-electron chi connectivity index (χ3n) is 6.45. The molecule has 2 unspecified atom stereocenters. The second-order valence-electron chi connectivity index (χ2n) is 7.67. The fourth-order valence-corrected chi connectivity index (χ4v) is 5.56. The summed E-state index contributed by atoms with van der Waals surface area (Å²) in [5.41, 5.74) is 1.41. The van der Waals surface area contributed by atoms with Crippen LogP contribution in [0.4, 0.5) is 5.69 Å². The number of aromatic carboxylic acids is 1. The molecule has 3 saturated carbocycles. The molecular weight excluding hydrogens is 276 g/mol. The Morgan fingerprint density at radius 2 is 2.00 bits per heavy atom. The summed E-state index contributed by atoms with van der Waals surface area (Å²) in [4.78, 5) is 15.4. The highest BCUT2D eigenvalue weighted by Gasteiger charge is 2.51. The van der Waals surface area contributed by atoms with Crippen LogP contribution in [0.25, 0.3) is 0 Å². The molecular formula is C18H24N2O2. The van der Waals surface area contributed by atoms with Gasteiger partial charge in [0.2, 0.25) is 0 Å². The van der Waals surface area contributed by atoms with E-state index in [1.54, 1.807) is 18.5 Å². The molecule has 0 aliphatic heterocycles. The van der Waals surface area contributed by atoms with Gasteiger partial charge in [0, 0.05) is 12.7 Å². The van der Waals surface area contributed by atoms with Gasteiger partial charge in [-0.15, -0.1) is 0 Å². The summed E-state index contributed by atoms with van der Waals surface area (Å²) in [6.45, 7) is 0.913. The summed E-state index contributed by atoms with van der Waals surface area (Å²) < 4.78 is 0. The molecule has 0 saturated heterocycles. The molecule has 1 aromatic heterocycles. The van der Waals surface area contributed by atoms with Gasteiger partial charge in [-0.3, -0.25) is 4.98 Å². The number of hydrogen-bond donors (Lipinski definition) is 2. The van der Waals surface area contributed by atoms with Crippen molar-refractivity contribution < 1.29 is 9.90 Å². The fourth-order valence-electron chi connectivity index (χ4n) is 5.56. The molecule has 22 heavy (non-hydrogen) atoms. The molecule has 4 heteroatoms. The van der Waals surface area contributed by atoms with Gasteiger partial charge in [0.05, 0.1) is 17.4 Å². The molecule has 4 nitrogen and oxygen atoms in total. The minimum Gasteiger partial charge on any atom is -0.478 e. The third kappa shape index (κ3) is 2.29. The molecule has 2 N–H and O–H groups in total. The quantitative estimate of drug-likeness (QED) is 0.888. The van der Waals surface area contributed by atoms with Crippen LogP contribution in [0.2, 0.25) is 0 Å². The number of pyridine rings is 1. The van der Waals surface area contributed by atoms with Gasteiger partial charge in [-0.25, -0.2) is 4.79 Å². The van der Waals surface area contributed by atoms with Gasteiger partial charge in [0.15, 0.2) is 0 Å². The Labute approximate surface area is 131 Å². The second kappa shape index (κ2) is 5.25. The number of fused-ring (bicyclic) bond motifs is 2. The molecule has 118 valence electrons. The molecule has 0 amide bonds. The first-order chi connectivity index (χ1) is 10.7. The molecule has 0 radical (unpaired) electrons. The van der Waals surface area contributed by atoms with Crippen LogP contribution in [0.5, 0.6) is 0 Å². The average Bonchev–Trinajstić information content (AvgIpc) is 2.51. The van der Waals surface area contributed by atoms with Crippen LogP contribution < -0.4 is 5.32 Å². The lowest BCUT2D eigenvalue weighted by molar-refractivity contribution is -0.0472. The minimum absolute atomic E-state index is 0.333. The number of nitrogens with zero attached hydrogens (tertiary/aromatic N) is 1. The zero-order chi connectivity index (χ0) is 15.2. The van der Waals surface area contributed by atoms with E-state index in [0.717, 1.165) is 24.3 Å². The van der Waals surface area contributed by atoms with Gasteiger partial charge in [0.1, 0.15) is 0 Å². The maximum absolute atomic E-state index is 11.3. The summed E-state index contributed by atoms with van der Waals surface area (Å²) >= 11 is 0. The summed E-state index contributed by atoms with van der Waals surface area (Å²) in [6.07, 6.45) is 12.9. The lowest BCUT2D eigenvalue weighted by atomic mass is 9.49. The van der Waals surface area contributed by atoms with Crippen molar-refractivity contribution in [2.75, 3.05) is 11.9 Å². The highest BCUT2D eigenvalue weighted by Crippen LogP contribution is 2.59. The van der Waals surface area contributed by atoms with Gasteiger partial charge < -0.3 is 10.4 Å². The highest BCUT2D eigenvalue weighted by atomic mass is 16.4. The van der Waals surface area contributed by atoms with E-state index in [1.165, 1.54) is 44.9 Å². The van der Waals surface area contributed by atoms with Crippen LogP contribution in [0.1, 0.15) is 55.3 Å². The van der Waals surface area contributed by atoms with Crippen molar-refractivity contribution in [1.29, 1.82) is 0 Å². The smallest absolute Gasteiger partial charge is 0.337 e. The van der Waals surface area contributed by atoms with Crippen LogP contribution in [-0.4, -0.2) is 22.6 Å². The molecule has 3 aliphatic carbocycles.